The molecule has 0 saturated carbocycles. The lowest BCUT2D eigenvalue weighted by atomic mass is 10.1. The van der Waals surface area contributed by atoms with Gasteiger partial charge in [0.25, 0.3) is 5.91 Å². The second kappa shape index (κ2) is 5.42. The van der Waals surface area contributed by atoms with Gasteiger partial charge in [-0.25, -0.2) is 9.97 Å². The van der Waals surface area contributed by atoms with Crippen molar-refractivity contribution in [1.82, 2.24) is 20.3 Å². The van der Waals surface area contributed by atoms with Gasteiger partial charge in [-0.1, -0.05) is 6.92 Å². The summed E-state index contributed by atoms with van der Waals surface area (Å²) in [6.45, 7) is 2.01. The number of nitrogens with zero attached hydrogens (tertiary/aromatic N) is 2. The van der Waals surface area contributed by atoms with Crippen LogP contribution in [0.4, 0.5) is 0 Å². The Labute approximate surface area is 120 Å². The topological polar surface area (TPSA) is 70.7 Å². The number of hydrogen-bond acceptors (Lipinski definition) is 4. The molecule has 2 N–H and O–H groups in total. The second-order valence-corrected chi connectivity index (χ2v) is 5.33. The fraction of sp³-hybridized carbons (Fsp3) is 0.214. The van der Waals surface area contributed by atoms with Gasteiger partial charge in [0.15, 0.2) is 0 Å². The van der Waals surface area contributed by atoms with Crippen LogP contribution in [-0.2, 0) is 0 Å². The van der Waals surface area contributed by atoms with E-state index in [1.165, 1.54) is 11.3 Å². The van der Waals surface area contributed by atoms with Crippen LogP contribution in [0.25, 0.3) is 10.2 Å². The van der Waals surface area contributed by atoms with Gasteiger partial charge in [-0.2, -0.15) is 0 Å². The highest BCUT2D eigenvalue weighted by Gasteiger charge is 2.16. The van der Waals surface area contributed by atoms with Crippen LogP contribution in [-0.4, -0.2) is 20.9 Å². The molecule has 0 aliphatic heterocycles. The Hall–Kier alpha value is -2.21. The van der Waals surface area contributed by atoms with Crippen molar-refractivity contribution in [1.29, 1.82) is 0 Å². The van der Waals surface area contributed by atoms with Crippen molar-refractivity contribution in [3.8, 4) is 0 Å². The van der Waals surface area contributed by atoms with Crippen molar-refractivity contribution in [3.63, 3.8) is 0 Å². The van der Waals surface area contributed by atoms with E-state index in [0.29, 0.717) is 5.56 Å². The molecule has 3 rings (SSSR count). The molecule has 1 unspecified atom stereocenters. The number of thiazole rings is 1. The summed E-state index contributed by atoms with van der Waals surface area (Å²) in [6.07, 6.45) is 4.23. The average Bonchev–Trinajstić information content (AvgIpc) is 3.14. The van der Waals surface area contributed by atoms with Gasteiger partial charge in [-0.3, -0.25) is 4.79 Å². The molecular weight excluding hydrogens is 272 g/mol. The molecule has 0 spiro atoms. The maximum absolute atomic E-state index is 12.3. The van der Waals surface area contributed by atoms with Crippen LogP contribution in [0.2, 0.25) is 0 Å². The highest BCUT2D eigenvalue weighted by atomic mass is 32.1. The fourth-order valence-electron chi connectivity index (χ4n) is 2.07. The van der Waals surface area contributed by atoms with Gasteiger partial charge in [0.1, 0.15) is 5.82 Å². The largest absolute Gasteiger partial charge is 0.347 e. The van der Waals surface area contributed by atoms with Gasteiger partial charge in [-0.05, 0) is 24.6 Å². The molecular formula is C14H14N4OS. The SMILES string of the molecule is CCC(NC(=O)c1ccc2ncsc2c1)c1ncc[nH]1. The summed E-state index contributed by atoms with van der Waals surface area (Å²) < 4.78 is 1.02. The highest BCUT2D eigenvalue weighted by molar-refractivity contribution is 7.16. The number of carbonyl (C=O) groups is 1. The highest BCUT2D eigenvalue weighted by Crippen LogP contribution is 2.20. The van der Waals surface area contributed by atoms with Crippen molar-refractivity contribution in [2.75, 3.05) is 0 Å². The van der Waals surface area contributed by atoms with E-state index in [1.54, 1.807) is 24.0 Å². The number of H-pyrrole nitrogens is 1. The van der Waals surface area contributed by atoms with Crippen LogP contribution < -0.4 is 5.32 Å². The molecule has 0 fully saturated rings. The van der Waals surface area contributed by atoms with Gasteiger partial charge >= 0.3 is 0 Å². The molecule has 1 aromatic carbocycles. The standard InChI is InChI=1S/C14H14N4OS/c1-2-10(13-15-5-6-16-13)18-14(19)9-3-4-11-12(7-9)20-8-17-11/h3-8,10H,2H2,1H3,(H,15,16)(H,18,19). The maximum atomic E-state index is 12.3. The molecule has 2 heterocycles. The van der Waals surface area contributed by atoms with Crippen molar-refractivity contribution >= 4 is 27.5 Å². The van der Waals surface area contributed by atoms with E-state index in [1.807, 2.05) is 19.1 Å². The molecule has 0 saturated heterocycles. The summed E-state index contributed by atoms with van der Waals surface area (Å²) in [7, 11) is 0. The number of amides is 1. The van der Waals surface area contributed by atoms with E-state index in [0.717, 1.165) is 22.5 Å². The quantitative estimate of drug-likeness (QED) is 0.774. The molecule has 2 aromatic heterocycles. The second-order valence-electron chi connectivity index (χ2n) is 4.44. The monoisotopic (exact) mass is 286 g/mol. The molecule has 0 radical (unpaired) electrons. The average molecular weight is 286 g/mol. The minimum Gasteiger partial charge on any atom is -0.347 e. The lowest BCUT2D eigenvalue weighted by Gasteiger charge is -2.14. The van der Waals surface area contributed by atoms with Crippen LogP contribution >= 0.6 is 11.3 Å². The number of nitrogens with one attached hydrogen (secondary N) is 2. The first-order valence-corrected chi connectivity index (χ1v) is 7.29. The van der Waals surface area contributed by atoms with E-state index in [-0.39, 0.29) is 11.9 Å². The third-order valence-electron chi connectivity index (χ3n) is 3.16. The van der Waals surface area contributed by atoms with Crippen molar-refractivity contribution in [3.05, 3.63) is 47.5 Å². The first-order chi connectivity index (χ1) is 9.78. The molecule has 6 heteroatoms. The Morgan fingerprint density at radius 2 is 2.35 bits per heavy atom. The molecule has 0 bridgehead atoms. The zero-order valence-electron chi connectivity index (χ0n) is 11.0. The first kappa shape index (κ1) is 12.8. The lowest BCUT2D eigenvalue weighted by molar-refractivity contribution is 0.0934. The third kappa shape index (κ3) is 2.42. The van der Waals surface area contributed by atoms with Crippen LogP contribution in [0.1, 0.15) is 35.6 Å². The number of rotatable bonds is 4. The first-order valence-electron chi connectivity index (χ1n) is 6.41. The van der Waals surface area contributed by atoms with Crippen LogP contribution in [0.15, 0.2) is 36.1 Å². The van der Waals surface area contributed by atoms with Crippen LogP contribution in [0.3, 0.4) is 0 Å². The normalized spacial score (nSPS) is 12.4. The zero-order chi connectivity index (χ0) is 13.9. The summed E-state index contributed by atoms with van der Waals surface area (Å²) in [5.41, 5.74) is 3.35. The Kier molecular flexibility index (Phi) is 3.47. The van der Waals surface area contributed by atoms with Crippen molar-refractivity contribution in [2.24, 2.45) is 0 Å². The summed E-state index contributed by atoms with van der Waals surface area (Å²) >= 11 is 1.53. The number of fused-ring (bicyclic) bond motifs is 1. The molecule has 0 aliphatic rings. The number of aromatic nitrogens is 3. The van der Waals surface area contributed by atoms with E-state index < -0.39 is 0 Å². The van der Waals surface area contributed by atoms with E-state index in [2.05, 4.69) is 20.3 Å². The Balaban J connectivity index is 1.81. The van der Waals surface area contributed by atoms with Gasteiger partial charge < -0.3 is 10.3 Å². The lowest BCUT2D eigenvalue weighted by Crippen LogP contribution is -2.28. The van der Waals surface area contributed by atoms with Gasteiger partial charge in [0, 0.05) is 18.0 Å². The molecule has 3 aromatic rings. The van der Waals surface area contributed by atoms with Gasteiger partial charge in [0.2, 0.25) is 0 Å². The maximum Gasteiger partial charge on any atom is 0.251 e. The Morgan fingerprint density at radius 3 is 3.10 bits per heavy atom. The molecule has 102 valence electrons. The molecule has 5 nitrogen and oxygen atoms in total. The summed E-state index contributed by atoms with van der Waals surface area (Å²) in [6, 6.07) is 5.44. The Bertz CT molecular complexity index is 720. The van der Waals surface area contributed by atoms with Crippen LogP contribution in [0.5, 0.6) is 0 Å². The van der Waals surface area contributed by atoms with Crippen molar-refractivity contribution in [2.45, 2.75) is 19.4 Å². The number of hydrogen-bond donors (Lipinski definition) is 2. The number of carbonyl (C=O) groups excluding carboxylic acids is 1. The predicted octanol–water partition coefficient (Wildman–Crippen LogP) is 2.90. The minimum absolute atomic E-state index is 0.0939. The van der Waals surface area contributed by atoms with Gasteiger partial charge in [-0.15, -0.1) is 11.3 Å². The molecule has 1 atom stereocenters. The fourth-order valence-corrected chi connectivity index (χ4v) is 2.79. The minimum atomic E-state index is -0.102. The van der Waals surface area contributed by atoms with Crippen molar-refractivity contribution < 1.29 is 4.79 Å². The molecule has 0 aliphatic carbocycles. The zero-order valence-corrected chi connectivity index (χ0v) is 11.8. The van der Waals surface area contributed by atoms with Gasteiger partial charge in [0.05, 0.1) is 21.8 Å². The van der Waals surface area contributed by atoms with E-state index in [9.17, 15) is 4.79 Å². The summed E-state index contributed by atoms with van der Waals surface area (Å²) in [4.78, 5) is 23.7. The summed E-state index contributed by atoms with van der Waals surface area (Å²) in [5.74, 6) is 0.684. The number of aromatic amines is 1. The molecule has 20 heavy (non-hydrogen) atoms. The number of benzene rings is 1. The smallest absolute Gasteiger partial charge is 0.251 e. The number of imidazole rings is 1. The Morgan fingerprint density at radius 1 is 1.45 bits per heavy atom. The predicted molar refractivity (Wildman–Crippen MR) is 78.7 cm³/mol. The summed E-state index contributed by atoms with van der Waals surface area (Å²) in [5, 5.41) is 2.99. The molecule has 1 amide bonds. The van der Waals surface area contributed by atoms with E-state index >= 15 is 0 Å². The third-order valence-corrected chi connectivity index (χ3v) is 3.95. The van der Waals surface area contributed by atoms with E-state index in [4.69, 9.17) is 0 Å². The van der Waals surface area contributed by atoms with Crippen LogP contribution in [0, 0.1) is 0 Å².